The maximum atomic E-state index is 12.2. The maximum Gasteiger partial charge on any atom is 0.410 e. The Morgan fingerprint density at radius 2 is 2.08 bits per heavy atom. The lowest BCUT2D eigenvalue weighted by Gasteiger charge is -2.45. The first kappa shape index (κ1) is 19.0. The van der Waals surface area contributed by atoms with Crippen molar-refractivity contribution in [3.63, 3.8) is 0 Å². The summed E-state index contributed by atoms with van der Waals surface area (Å²) < 4.78 is 10.6. The van der Waals surface area contributed by atoms with Crippen LogP contribution in [-0.2, 0) is 9.47 Å². The van der Waals surface area contributed by atoms with Gasteiger partial charge >= 0.3 is 6.09 Å². The number of likely N-dealkylation sites (tertiary alicyclic amines) is 1. The Labute approximate surface area is 145 Å². The van der Waals surface area contributed by atoms with E-state index in [1.165, 1.54) is 0 Å². The fraction of sp³-hybridized carbons (Fsp3) is 0.882. The van der Waals surface area contributed by atoms with E-state index in [9.17, 15) is 4.79 Å². The monoisotopic (exact) mass is 340 g/mol. The molecule has 2 N–H and O–H groups in total. The molecule has 0 atom stereocenters. The normalized spacial score (nSPS) is 20.7. The molecule has 1 fully saturated rings. The fourth-order valence-electron chi connectivity index (χ4n) is 3.16. The van der Waals surface area contributed by atoms with Gasteiger partial charge in [-0.2, -0.15) is 0 Å². The molecule has 2 aliphatic rings. The van der Waals surface area contributed by atoms with Crippen LogP contribution in [0.25, 0.3) is 0 Å². The molecule has 0 bridgehead atoms. The summed E-state index contributed by atoms with van der Waals surface area (Å²) >= 11 is 0. The second kappa shape index (κ2) is 8.16. The highest BCUT2D eigenvalue weighted by atomic mass is 16.6. The van der Waals surface area contributed by atoms with Crippen molar-refractivity contribution in [1.82, 2.24) is 15.5 Å². The van der Waals surface area contributed by atoms with Gasteiger partial charge in [-0.3, -0.25) is 4.99 Å². The summed E-state index contributed by atoms with van der Waals surface area (Å²) in [5.74, 6) is 1.04. The largest absolute Gasteiger partial charge is 0.444 e. The number of nitrogens with zero attached hydrogens (tertiary/aromatic N) is 2. The number of ether oxygens (including phenoxy) is 2. The number of amides is 1. The SMILES string of the molecule is COCCCNC1=NCCNC12CCN(C(=O)OC(C)(C)C)CC2. The lowest BCUT2D eigenvalue weighted by Crippen LogP contribution is -2.64. The number of piperidine rings is 1. The summed E-state index contributed by atoms with van der Waals surface area (Å²) in [4.78, 5) is 18.7. The van der Waals surface area contributed by atoms with Crippen LogP contribution in [0.15, 0.2) is 4.99 Å². The molecule has 0 aromatic carbocycles. The van der Waals surface area contributed by atoms with Crippen molar-refractivity contribution in [2.75, 3.05) is 46.4 Å². The number of hydrogen-bond donors (Lipinski definition) is 2. The van der Waals surface area contributed by atoms with Gasteiger partial charge in [-0.05, 0) is 40.0 Å². The Kier molecular flexibility index (Phi) is 6.46. The number of hydrogen-bond acceptors (Lipinski definition) is 6. The van der Waals surface area contributed by atoms with E-state index in [2.05, 4.69) is 10.6 Å². The van der Waals surface area contributed by atoms with E-state index in [1.807, 2.05) is 20.8 Å². The number of methoxy groups -OCH3 is 1. The van der Waals surface area contributed by atoms with Gasteiger partial charge in [0.2, 0.25) is 0 Å². The van der Waals surface area contributed by atoms with Gasteiger partial charge in [0.05, 0.1) is 12.1 Å². The van der Waals surface area contributed by atoms with Crippen LogP contribution in [0.1, 0.15) is 40.0 Å². The van der Waals surface area contributed by atoms with Crippen molar-refractivity contribution < 1.29 is 14.3 Å². The predicted octanol–water partition coefficient (Wildman–Crippen LogP) is 1.38. The zero-order chi connectivity index (χ0) is 17.6. The van der Waals surface area contributed by atoms with Crippen LogP contribution in [0, 0.1) is 0 Å². The molecule has 0 radical (unpaired) electrons. The van der Waals surface area contributed by atoms with E-state index in [4.69, 9.17) is 14.5 Å². The van der Waals surface area contributed by atoms with Gasteiger partial charge in [0.15, 0.2) is 0 Å². The van der Waals surface area contributed by atoms with Crippen LogP contribution in [0.3, 0.4) is 0 Å². The first-order chi connectivity index (χ1) is 11.4. The molecule has 0 aromatic heterocycles. The third kappa shape index (κ3) is 5.08. The lowest BCUT2D eigenvalue weighted by molar-refractivity contribution is 0.0177. The van der Waals surface area contributed by atoms with Gasteiger partial charge in [0, 0.05) is 39.9 Å². The zero-order valence-electron chi connectivity index (χ0n) is 15.5. The molecule has 2 aliphatic heterocycles. The van der Waals surface area contributed by atoms with Gasteiger partial charge in [0.25, 0.3) is 0 Å². The topological polar surface area (TPSA) is 75.2 Å². The summed E-state index contributed by atoms with van der Waals surface area (Å²) in [7, 11) is 1.72. The summed E-state index contributed by atoms with van der Waals surface area (Å²) in [5.41, 5.74) is -0.589. The first-order valence-corrected chi connectivity index (χ1v) is 8.87. The molecule has 0 unspecified atom stereocenters. The average Bonchev–Trinajstić information content (AvgIpc) is 2.52. The van der Waals surface area contributed by atoms with Crippen molar-refractivity contribution in [3.8, 4) is 0 Å². The third-order valence-corrected chi connectivity index (χ3v) is 4.38. The van der Waals surface area contributed by atoms with Crippen molar-refractivity contribution in [3.05, 3.63) is 0 Å². The molecule has 0 aliphatic carbocycles. The molecule has 0 aromatic rings. The average molecular weight is 340 g/mol. The van der Waals surface area contributed by atoms with E-state index in [0.29, 0.717) is 13.1 Å². The number of rotatable bonds is 4. The molecule has 1 amide bonds. The lowest BCUT2D eigenvalue weighted by atomic mass is 9.85. The molecular formula is C17H32N4O3. The Morgan fingerprint density at radius 3 is 2.71 bits per heavy atom. The van der Waals surface area contributed by atoms with Gasteiger partial charge < -0.3 is 25.0 Å². The summed E-state index contributed by atoms with van der Waals surface area (Å²) in [6.07, 6.45) is 2.43. The molecule has 1 saturated heterocycles. The van der Waals surface area contributed by atoms with E-state index in [1.54, 1.807) is 12.0 Å². The Morgan fingerprint density at radius 1 is 1.38 bits per heavy atom. The van der Waals surface area contributed by atoms with E-state index >= 15 is 0 Å². The smallest absolute Gasteiger partial charge is 0.410 e. The standard InChI is InChI=1S/C17H32N4O3/c1-16(2,3)24-15(22)21-11-6-17(7-12-21)14(19-9-10-20-17)18-8-5-13-23-4/h20H,5-13H2,1-4H3,(H,18,19). The Bertz CT molecular complexity index is 451. The van der Waals surface area contributed by atoms with Gasteiger partial charge in [-0.15, -0.1) is 0 Å². The predicted molar refractivity (Wildman–Crippen MR) is 94.6 cm³/mol. The molecule has 7 heteroatoms. The summed E-state index contributed by atoms with van der Waals surface area (Å²) in [6.45, 7) is 10.3. The number of amidine groups is 1. The quantitative estimate of drug-likeness (QED) is 0.757. The zero-order valence-corrected chi connectivity index (χ0v) is 15.5. The van der Waals surface area contributed by atoms with Crippen molar-refractivity contribution in [2.45, 2.75) is 51.2 Å². The number of nitrogens with one attached hydrogen (secondary N) is 2. The van der Waals surface area contributed by atoms with Gasteiger partial charge in [-0.1, -0.05) is 0 Å². The molecule has 0 saturated carbocycles. The molecule has 24 heavy (non-hydrogen) atoms. The highest BCUT2D eigenvalue weighted by molar-refractivity contribution is 5.92. The first-order valence-electron chi connectivity index (χ1n) is 8.87. The van der Waals surface area contributed by atoms with Gasteiger partial charge in [0.1, 0.15) is 11.4 Å². The van der Waals surface area contributed by atoms with Crippen LogP contribution >= 0.6 is 0 Å². The van der Waals surface area contributed by atoms with Crippen molar-refractivity contribution in [1.29, 1.82) is 0 Å². The fourth-order valence-corrected chi connectivity index (χ4v) is 3.16. The molecule has 2 heterocycles. The van der Waals surface area contributed by atoms with E-state index < -0.39 is 5.60 Å². The van der Waals surface area contributed by atoms with Crippen molar-refractivity contribution >= 4 is 11.9 Å². The highest BCUT2D eigenvalue weighted by Gasteiger charge is 2.41. The molecule has 1 spiro atoms. The van der Waals surface area contributed by atoms with Crippen LogP contribution in [0.4, 0.5) is 4.79 Å². The minimum absolute atomic E-state index is 0.135. The van der Waals surface area contributed by atoms with Crippen molar-refractivity contribution in [2.24, 2.45) is 4.99 Å². The summed E-state index contributed by atoms with van der Waals surface area (Å²) in [6, 6.07) is 0. The second-order valence-electron chi connectivity index (χ2n) is 7.48. The van der Waals surface area contributed by atoms with Crippen LogP contribution in [0.2, 0.25) is 0 Å². The minimum Gasteiger partial charge on any atom is -0.444 e. The number of aliphatic imine (C=N–C) groups is 1. The second-order valence-corrected chi connectivity index (χ2v) is 7.48. The third-order valence-electron chi connectivity index (χ3n) is 4.38. The van der Waals surface area contributed by atoms with Crippen LogP contribution in [0.5, 0.6) is 0 Å². The maximum absolute atomic E-state index is 12.2. The van der Waals surface area contributed by atoms with Gasteiger partial charge in [-0.25, -0.2) is 4.79 Å². The van der Waals surface area contributed by atoms with E-state index in [0.717, 1.165) is 51.3 Å². The van der Waals surface area contributed by atoms with E-state index in [-0.39, 0.29) is 11.6 Å². The Balaban J connectivity index is 1.90. The molecule has 7 nitrogen and oxygen atoms in total. The molecular weight excluding hydrogens is 308 g/mol. The summed E-state index contributed by atoms with van der Waals surface area (Å²) in [5, 5.41) is 7.10. The highest BCUT2D eigenvalue weighted by Crippen LogP contribution is 2.26. The molecule has 138 valence electrons. The number of carbonyl (C=O) groups excluding carboxylic acids is 1. The minimum atomic E-state index is -0.454. The number of carbonyl (C=O) groups is 1. The van der Waals surface area contributed by atoms with Crippen LogP contribution < -0.4 is 10.6 Å². The molecule has 2 rings (SSSR count). The Hall–Kier alpha value is -1.34. The van der Waals surface area contributed by atoms with Crippen LogP contribution in [-0.4, -0.2) is 74.4 Å².